The number of amides is 1. The monoisotopic (exact) mass is 464 g/mol. The Balaban J connectivity index is 2.03. The maximum atomic E-state index is 12.7. The summed E-state index contributed by atoms with van der Waals surface area (Å²) in [6.07, 6.45) is 1.02. The summed E-state index contributed by atoms with van der Waals surface area (Å²) < 4.78 is 33.0. The summed E-state index contributed by atoms with van der Waals surface area (Å²) in [6, 6.07) is 15.8. The predicted molar refractivity (Wildman–Crippen MR) is 122 cm³/mol. The molecule has 0 fully saturated rings. The van der Waals surface area contributed by atoms with Gasteiger partial charge in [0.15, 0.2) is 6.10 Å². The first-order valence-corrected chi connectivity index (χ1v) is 12.7. The van der Waals surface area contributed by atoms with Gasteiger partial charge >= 0.3 is 5.97 Å². The Morgan fingerprint density at radius 1 is 1.00 bits per heavy atom. The molecule has 0 aliphatic carbocycles. The summed E-state index contributed by atoms with van der Waals surface area (Å²) in [5, 5.41) is 2.80. The normalized spacial score (nSPS) is 14.3. The van der Waals surface area contributed by atoms with Crippen molar-refractivity contribution in [3.8, 4) is 0 Å². The Labute approximate surface area is 188 Å². The lowest BCUT2D eigenvalue weighted by atomic mass is 10.1. The third kappa shape index (κ3) is 7.68. The zero-order valence-corrected chi connectivity index (χ0v) is 19.4. The summed E-state index contributed by atoms with van der Waals surface area (Å²) in [4.78, 5) is 25.2. The van der Waals surface area contributed by atoms with Gasteiger partial charge in [-0.3, -0.25) is 9.59 Å². The van der Waals surface area contributed by atoms with Gasteiger partial charge in [-0.25, -0.2) is 8.42 Å². The second-order valence-electron chi connectivity index (χ2n) is 6.99. The van der Waals surface area contributed by atoms with Crippen LogP contribution in [0.15, 0.2) is 65.6 Å². The highest BCUT2D eigenvalue weighted by molar-refractivity contribution is 7.98. The molecule has 3 unspecified atom stereocenters. The Morgan fingerprint density at radius 2 is 1.58 bits per heavy atom. The SMILES string of the molecule is CSCCC(NS(=O)(=O)c1ccccc1)C(=O)OC(C)C(=O)NC(C)c1ccccc1. The van der Waals surface area contributed by atoms with Crippen LogP contribution in [0.4, 0.5) is 0 Å². The molecule has 2 N–H and O–H groups in total. The smallest absolute Gasteiger partial charge is 0.324 e. The van der Waals surface area contributed by atoms with E-state index < -0.39 is 34.0 Å². The van der Waals surface area contributed by atoms with Gasteiger partial charge in [0.25, 0.3) is 5.91 Å². The van der Waals surface area contributed by atoms with Crippen LogP contribution in [0.25, 0.3) is 0 Å². The molecule has 0 aliphatic heterocycles. The Hall–Kier alpha value is -2.36. The molecule has 2 rings (SSSR count). The molecule has 2 aromatic rings. The van der Waals surface area contributed by atoms with Gasteiger partial charge in [0.2, 0.25) is 10.0 Å². The first-order valence-electron chi connectivity index (χ1n) is 9.86. The van der Waals surface area contributed by atoms with Gasteiger partial charge < -0.3 is 10.1 Å². The molecule has 0 spiro atoms. The summed E-state index contributed by atoms with van der Waals surface area (Å²) in [5.74, 6) is -0.703. The van der Waals surface area contributed by atoms with Crippen molar-refractivity contribution >= 4 is 33.7 Å². The largest absolute Gasteiger partial charge is 0.451 e. The van der Waals surface area contributed by atoms with Gasteiger partial charge in [0, 0.05) is 0 Å². The lowest BCUT2D eigenvalue weighted by molar-refractivity contribution is -0.156. The van der Waals surface area contributed by atoms with E-state index in [1.165, 1.54) is 30.8 Å². The van der Waals surface area contributed by atoms with Crippen LogP contribution in [-0.4, -0.2) is 44.4 Å². The molecule has 31 heavy (non-hydrogen) atoms. The van der Waals surface area contributed by atoms with E-state index in [1.807, 2.05) is 43.5 Å². The van der Waals surface area contributed by atoms with Gasteiger partial charge in [-0.05, 0) is 50.0 Å². The minimum atomic E-state index is -3.91. The van der Waals surface area contributed by atoms with Crippen LogP contribution in [0, 0.1) is 0 Å². The van der Waals surface area contributed by atoms with E-state index in [4.69, 9.17) is 4.74 Å². The maximum Gasteiger partial charge on any atom is 0.324 e. The molecule has 0 bridgehead atoms. The average Bonchev–Trinajstić information content (AvgIpc) is 2.77. The number of esters is 1. The van der Waals surface area contributed by atoms with Crippen molar-refractivity contribution < 1.29 is 22.7 Å². The van der Waals surface area contributed by atoms with E-state index in [-0.39, 0.29) is 17.4 Å². The number of carbonyl (C=O) groups excluding carboxylic acids is 2. The van der Waals surface area contributed by atoms with Crippen molar-refractivity contribution in [2.24, 2.45) is 0 Å². The average molecular weight is 465 g/mol. The van der Waals surface area contributed by atoms with Gasteiger partial charge in [-0.1, -0.05) is 48.5 Å². The minimum absolute atomic E-state index is 0.0550. The van der Waals surface area contributed by atoms with Crippen molar-refractivity contribution in [1.29, 1.82) is 0 Å². The van der Waals surface area contributed by atoms with Gasteiger partial charge in [-0.15, -0.1) is 0 Å². The molecule has 168 valence electrons. The number of hydrogen-bond acceptors (Lipinski definition) is 6. The number of benzene rings is 2. The predicted octanol–water partition coefficient (Wildman–Crippen LogP) is 2.90. The van der Waals surface area contributed by atoms with Crippen molar-refractivity contribution in [3.05, 3.63) is 66.2 Å². The van der Waals surface area contributed by atoms with E-state index in [2.05, 4.69) is 10.0 Å². The van der Waals surface area contributed by atoms with Crippen LogP contribution in [-0.2, 0) is 24.3 Å². The molecule has 0 saturated heterocycles. The lowest BCUT2D eigenvalue weighted by Crippen LogP contribution is -2.45. The molecule has 9 heteroatoms. The molecule has 7 nitrogen and oxygen atoms in total. The Kier molecular flexibility index (Phi) is 9.54. The van der Waals surface area contributed by atoms with Crippen LogP contribution in [0.3, 0.4) is 0 Å². The number of ether oxygens (including phenoxy) is 1. The quantitative estimate of drug-likeness (QED) is 0.496. The van der Waals surface area contributed by atoms with Gasteiger partial charge in [0.05, 0.1) is 10.9 Å². The molecular formula is C22H28N2O5S2. The van der Waals surface area contributed by atoms with Gasteiger partial charge in [-0.2, -0.15) is 16.5 Å². The summed E-state index contributed by atoms with van der Waals surface area (Å²) >= 11 is 1.48. The lowest BCUT2D eigenvalue weighted by Gasteiger charge is -2.22. The maximum absolute atomic E-state index is 12.7. The zero-order chi connectivity index (χ0) is 22.9. The van der Waals surface area contributed by atoms with Crippen molar-refractivity contribution in [3.63, 3.8) is 0 Å². The third-order valence-corrected chi connectivity index (χ3v) is 6.70. The molecule has 2 aromatic carbocycles. The first kappa shape index (κ1) is 24.9. The highest BCUT2D eigenvalue weighted by Crippen LogP contribution is 2.14. The summed E-state index contributed by atoms with van der Waals surface area (Å²) in [5.41, 5.74) is 0.919. The van der Waals surface area contributed by atoms with Crippen LogP contribution >= 0.6 is 11.8 Å². The molecule has 0 aliphatic rings. The standard InChI is InChI=1S/C22H28N2O5S2/c1-16(18-10-6-4-7-11-18)23-21(25)17(2)29-22(26)20(14-15-30-3)24-31(27,28)19-12-8-5-9-13-19/h4-13,16-17,20,24H,14-15H2,1-3H3,(H,23,25). The third-order valence-electron chi connectivity index (χ3n) is 4.57. The van der Waals surface area contributed by atoms with Crippen molar-refractivity contribution in [2.75, 3.05) is 12.0 Å². The van der Waals surface area contributed by atoms with Gasteiger partial charge in [0.1, 0.15) is 6.04 Å². The number of sulfonamides is 1. The fourth-order valence-corrected chi connectivity index (χ4v) is 4.49. The Bertz CT molecular complexity index is 952. The topological polar surface area (TPSA) is 102 Å². The van der Waals surface area contributed by atoms with Crippen LogP contribution in [0.1, 0.15) is 31.9 Å². The van der Waals surface area contributed by atoms with Crippen LogP contribution in [0.2, 0.25) is 0 Å². The zero-order valence-electron chi connectivity index (χ0n) is 17.8. The number of hydrogen-bond donors (Lipinski definition) is 2. The highest BCUT2D eigenvalue weighted by Gasteiger charge is 2.29. The summed E-state index contributed by atoms with van der Waals surface area (Å²) in [7, 11) is -3.91. The molecule has 0 heterocycles. The van der Waals surface area contributed by atoms with E-state index in [0.29, 0.717) is 5.75 Å². The van der Waals surface area contributed by atoms with E-state index in [0.717, 1.165) is 5.56 Å². The fourth-order valence-electron chi connectivity index (χ4n) is 2.78. The second-order valence-corrected chi connectivity index (χ2v) is 9.69. The minimum Gasteiger partial charge on any atom is -0.451 e. The van der Waals surface area contributed by atoms with E-state index in [1.54, 1.807) is 18.2 Å². The molecule has 3 atom stereocenters. The van der Waals surface area contributed by atoms with Crippen molar-refractivity contribution in [2.45, 2.75) is 43.4 Å². The fraction of sp³-hybridized carbons (Fsp3) is 0.364. The summed E-state index contributed by atoms with van der Waals surface area (Å²) in [6.45, 7) is 3.29. The van der Waals surface area contributed by atoms with Crippen LogP contribution < -0.4 is 10.0 Å². The molecule has 1 amide bonds. The second kappa shape index (κ2) is 11.9. The number of carbonyl (C=O) groups is 2. The van der Waals surface area contributed by atoms with E-state index >= 15 is 0 Å². The van der Waals surface area contributed by atoms with Crippen LogP contribution in [0.5, 0.6) is 0 Å². The number of nitrogens with one attached hydrogen (secondary N) is 2. The Morgan fingerprint density at radius 3 is 2.16 bits per heavy atom. The molecule has 0 radical (unpaired) electrons. The molecule has 0 saturated carbocycles. The molecular weight excluding hydrogens is 436 g/mol. The first-order chi connectivity index (χ1) is 14.7. The number of thioether (sulfide) groups is 1. The van der Waals surface area contributed by atoms with E-state index in [9.17, 15) is 18.0 Å². The number of rotatable bonds is 11. The molecule has 0 aromatic heterocycles. The highest BCUT2D eigenvalue weighted by atomic mass is 32.2. The van der Waals surface area contributed by atoms with Crippen molar-refractivity contribution in [1.82, 2.24) is 10.0 Å².